The Hall–Kier alpha value is -1.77. The molecular formula is C19H23N3O3S2. The second kappa shape index (κ2) is 7.33. The van der Waals surface area contributed by atoms with Crippen molar-refractivity contribution in [2.24, 2.45) is 0 Å². The van der Waals surface area contributed by atoms with Crippen molar-refractivity contribution in [1.82, 2.24) is 14.2 Å². The fourth-order valence-corrected chi connectivity index (χ4v) is 6.29. The Morgan fingerprint density at radius 1 is 1.37 bits per heavy atom. The summed E-state index contributed by atoms with van der Waals surface area (Å²) in [6, 6.07) is 5.19. The molecular weight excluding hydrogens is 382 g/mol. The minimum atomic E-state index is -3.72. The molecule has 1 atom stereocenters. The first-order valence-electron chi connectivity index (χ1n) is 9.30. The minimum absolute atomic E-state index is 0.0367. The van der Waals surface area contributed by atoms with Gasteiger partial charge in [0, 0.05) is 29.9 Å². The quantitative estimate of drug-likeness (QED) is 0.741. The third-order valence-electron chi connectivity index (χ3n) is 5.29. The molecule has 0 bridgehead atoms. The maximum absolute atomic E-state index is 13.1. The van der Waals surface area contributed by atoms with Crippen LogP contribution in [0.3, 0.4) is 0 Å². The lowest BCUT2D eigenvalue weighted by molar-refractivity contribution is -0.134. The first-order chi connectivity index (χ1) is 13.0. The number of nitrogens with zero attached hydrogens (tertiary/aromatic N) is 3. The van der Waals surface area contributed by atoms with E-state index in [-0.39, 0.29) is 29.4 Å². The Balaban J connectivity index is 1.57. The van der Waals surface area contributed by atoms with Crippen molar-refractivity contribution in [2.45, 2.75) is 49.6 Å². The monoisotopic (exact) mass is 405 g/mol. The topological polar surface area (TPSA) is 70.6 Å². The molecule has 3 heterocycles. The van der Waals surface area contributed by atoms with E-state index in [4.69, 9.17) is 0 Å². The molecule has 27 heavy (non-hydrogen) atoms. The lowest BCUT2D eigenvalue weighted by Crippen LogP contribution is -2.47. The van der Waals surface area contributed by atoms with Crippen LogP contribution < -0.4 is 0 Å². The lowest BCUT2D eigenvalue weighted by Gasteiger charge is -2.36. The van der Waals surface area contributed by atoms with Crippen molar-refractivity contribution >= 4 is 27.3 Å². The average molecular weight is 406 g/mol. The van der Waals surface area contributed by atoms with E-state index in [0.29, 0.717) is 6.54 Å². The van der Waals surface area contributed by atoms with Crippen LogP contribution in [0.4, 0.5) is 0 Å². The molecule has 0 N–H and O–H groups in total. The van der Waals surface area contributed by atoms with Crippen LogP contribution in [0.1, 0.15) is 42.7 Å². The van der Waals surface area contributed by atoms with Crippen LogP contribution in [0, 0.1) is 0 Å². The smallest absolute Gasteiger partial charge is 0.245 e. The first kappa shape index (κ1) is 18.6. The lowest BCUT2D eigenvalue weighted by atomic mass is 9.98. The molecule has 0 aromatic carbocycles. The molecule has 1 aliphatic carbocycles. The van der Waals surface area contributed by atoms with Crippen LogP contribution in [0.25, 0.3) is 0 Å². The van der Waals surface area contributed by atoms with Gasteiger partial charge in [-0.05, 0) is 54.8 Å². The molecule has 0 radical (unpaired) electrons. The van der Waals surface area contributed by atoms with Gasteiger partial charge in [0.05, 0.1) is 12.6 Å². The number of hydrogen-bond donors (Lipinski definition) is 0. The van der Waals surface area contributed by atoms with Gasteiger partial charge in [0.25, 0.3) is 0 Å². The number of rotatable bonds is 6. The minimum Gasteiger partial charge on any atom is -0.334 e. The first-order valence-corrected chi connectivity index (χ1v) is 11.6. The zero-order chi connectivity index (χ0) is 19.0. The van der Waals surface area contributed by atoms with E-state index >= 15 is 0 Å². The number of amides is 1. The van der Waals surface area contributed by atoms with Crippen LogP contribution >= 0.6 is 11.3 Å². The van der Waals surface area contributed by atoms with E-state index in [2.05, 4.69) is 23.4 Å². The predicted molar refractivity (Wildman–Crippen MR) is 104 cm³/mol. The standard InChI is InChI=1S/C19H23N3O3S2/c1-2-17-16-8-11-26-18(16)7-10-21(17)19(23)13-22(14-5-6-14)27(24,25)15-4-3-9-20-12-15/h3-4,8-9,11-12,14,17H,2,5-7,10,13H2,1H3. The van der Waals surface area contributed by atoms with E-state index in [9.17, 15) is 13.2 Å². The SMILES string of the molecule is CCC1c2ccsc2CCN1C(=O)CN(C1CC1)S(=O)(=O)c1cccnc1. The van der Waals surface area contributed by atoms with E-state index in [1.54, 1.807) is 23.6 Å². The molecule has 0 saturated heterocycles. The molecule has 1 aliphatic heterocycles. The maximum atomic E-state index is 13.1. The summed E-state index contributed by atoms with van der Waals surface area (Å²) in [5, 5.41) is 2.07. The third kappa shape index (κ3) is 3.53. The van der Waals surface area contributed by atoms with Gasteiger partial charge in [-0.2, -0.15) is 4.31 Å². The van der Waals surface area contributed by atoms with Gasteiger partial charge >= 0.3 is 0 Å². The Kier molecular flexibility index (Phi) is 5.05. The van der Waals surface area contributed by atoms with Crippen molar-refractivity contribution in [3.05, 3.63) is 46.4 Å². The largest absolute Gasteiger partial charge is 0.334 e. The number of pyridine rings is 1. The highest BCUT2D eigenvalue weighted by atomic mass is 32.2. The predicted octanol–water partition coefficient (Wildman–Crippen LogP) is 2.83. The molecule has 0 spiro atoms. The summed E-state index contributed by atoms with van der Waals surface area (Å²) in [6.07, 6.45) is 6.17. The zero-order valence-electron chi connectivity index (χ0n) is 15.2. The normalized spacial score (nSPS) is 19.9. The van der Waals surface area contributed by atoms with Crippen molar-refractivity contribution in [2.75, 3.05) is 13.1 Å². The summed E-state index contributed by atoms with van der Waals surface area (Å²) in [5.41, 5.74) is 1.22. The highest BCUT2D eigenvalue weighted by Crippen LogP contribution is 2.36. The van der Waals surface area contributed by atoms with Crippen LogP contribution in [0.15, 0.2) is 40.9 Å². The summed E-state index contributed by atoms with van der Waals surface area (Å²) in [7, 11) is -3.72. The Bertz CT molecular complexity index is 923. The summed E-state index contributed by atoms with van der Waals surface area (Å²) in [5.74, 6) is -0.113. The highest BCUT2D eigenvalue weighted by molar-refractivity contribution is 7.89. The second-order valence-electron chi connectivity index (χ2n) is 7.03. The fraction of sp³-hybridized carbons (Fsp3) is 0.474. The van der Waals surface area contributed by atoms with Crippen LogP contribution in [0.2, 0.25) is 0 Å². The van der Waals surface area contributed by atoms with Gasteiger partial charge in [-0.25, -0.2) is 8.42 Å². The number of hydrogen-bond acceptors (Lipinski definition) is 5. The molecule has 2 aliphatic rings. The summed E-state index contributed by atoms with van der Waals surface area (Å²) >= 11 is 1.74. The van der Waals surface area contributed by atoms with E-state index in [1.807, 2.05) is 4.90 Å². The van der Waals surface area contributed by atoms with Crippen molar-refractivity contribution in [1.29, 1.82) is 0 Å². The van der Waals surface area contributed by atoms with Crippen LogP contribution in [-0.2, 0) is 21.2 Å². The molecule has 1 unspecified atom stereocenters. The van der Waals surface area contributed by atoms with Gasteiger partial charge in [0.15, 0.2) is 0 Å². The molecule has 1 saturated carbocycles. The highest BCUT2D eigenvalue weighted by Gasteiger charge is 2.41. The van der Waals surface area contributed by atoms with Gasteiger partial charge in [-0.15, -0.1) is 11.3 Å². The molecule has 2 aromatic heterocycles. The van der Waals surface area contributed by atoms with Gasteiger partial charge in [-0.1, -0.05) is 6.92 Å². The summed E-state index contributed by atoms with van der Waals surface area (Å²) in [4.78, 5) is 20.4. The number of sulfonamides is 1. The Labute approximate surface area is 163 Å². The van der Waals surface area contributed by atoms with E-state index in [1.165, 1.54) is 27.0 Å². The van der Waals surface area contributed by atoms with Crippen molar-refractivity contribution < 1.29 is 13.2 Å². The third-order valence-corrected chi connectivity index (χ3v) is 8.17. The van der Waals surface area contributed by atoms with Gasteiger partial charge in [-0.3, -0.25) is 9.78 Å². The fourth-order valence-electron chi connectivity index (χ4n) is 3.77. The summed E-state index contributed by atoms with van der Waals surface area (Å²) < 4.78 is 27.5. The molecule has 8 heteroatoms. The maximum Gasteiger partial charge on any atom is 0.245 e. The Morgan fingerprint density at radius 2 is 2.19 bits per heavy atom. The molecule has 4 rings (SSSR count). The molecule has 2 aromatic rings. The van der Waals surface area contributed by atoms with E-state index < -0.39 is 10.0 Å². The Morgan fingerprint density at radius 3 is 2.85 bits per heavy atom. The number of carbonyl (C=O) groups is 1. The van der Waals surface area contributed by atoms with Gasteiger partial charge in [0.1, 0.15) is 4.90 Å². The summed E-state index contributed by atoms with van der Waals surface area (Å²) in [6.45, 7) is 2.62. The second-order valence-corrected chi connectivity index (χ2v) is 9.92. The molecule has 1 amide bonds. The number of thiophene rings is 1. The molecule has 1 fully saturated rings. The van der Waals surface area contributed by atoms with Crippen LogP contribution in [-0.4, -0.2) is 47.6 Å². The van der Waals surface area contributed by atoms with Gasteiger partial charge in [0.2, 0.25) is 15.9 Å². The van der Waals surface area contributed by atoms with Crippen molar-refractivity contribution in [3.8, 4) is 0 Å². The van der Waals surface area contributed by atoms with E-state index in [0.717, 1.165) is 25.7 Å². The molecule has 144 valence electrons. The van der Waals surface area contributed by atoms with Gasteiger partial charge < -0.3 is 4.90 Å². The number of aromatic nitrogens is 1. The van der Waals surface area contributed by atoms with Crippen LogP contribution in [0.5, 0.6) is 0 Å². The number of carbonyl (C=O) groups excluding carboxylic acids is 1. The average Bonchev–Trinajstić information content (AvgIpc) is 3.41. The zero-order valence-corrected chi connectivity index (χ0v) is 16.9. The van der Waals surface area contributed by atoms with Crippen molar-refractivity contribution in [3.63, 3.8) is 0 Å². The molecule has 6 nitrogen and oxygen atoms in total. The number of fused-ring (bicyclic) bond motifs is 1.